The van der Waals surface area contributed by atoms with E-state index in [0.717, 1.165) is 48.0 Å². The summed E-state index contributed by atoms with van der Waals surface area (Å²) in [5.74, 6) is -0.0193. The lowest BCUT2D eigenvalue weighted by atomic mass is 10.0. The topological polar surface area (TPSA) is 65.1 Å². The van der Waals surface area contributed by atoms with Crippen molar-refractivity contribution in [2.75, 3.05) is 27.2 Å². The first-order valence-corrected chi connectivity index (χ1v) is 8.97. The second kappa shape index (κ2) is 6.88. The highest BCUT2D eigenvalue weighted by Gasteiger charge is 2.27. The lowest BCUT2D eigenvalue weighted by Crippen LogP contribution is -2.44. The first kappa shape index (κ1) is 16.7. The number of pyridine rings is 1. The second-order valence-corrected chi connectivity index (χ2v) is 7.02. The van der Waals surface area contributed by atoms with Gasteiger partial charge in [0.15, 0.2) is 5.69 Å². The molecule has 0 unspecified atom stereocenters. The van der Waals surface area contributed by atoms with E-state index in [1.165, 1.54) is 0 Å². The van der Waals surface area contributed by atoms with Crippen molar-refractivity contribution in [3.05, 3.63) is 48.4 Å². The van der Waals surface area contributed by atoms with E-state index in [9.17, 15) is 4.79 Å². The van der Waals surface area contributed by atoms with Crippen molar-refractivity contribution in [3.63, 3.8) is 0 Å². The van der Waals surface area contributed by atoms with Gasteiger partial charge in [0, 0.05) is 36.4 Å². The Morgan fingerprint density at radius 2 is 2.04 bits per heavy atom. The highest BCUT2D eigenvalue weighted by Crippen LogP contribution is 2.26. The maximum Gasteiger partial charge on any atom is 0.274 e. The highest BCUT2D eigenvalue weighted by atomic mass is 16.2. The molecule has 1 saturated heterocycles. The summed E-state index contributed by atoms with van der Waals surface area (Å²) in [5, 5.41) is 8.17. The minimum Gasteiger partial charge on any atom is -0.337 e. The number of aromatic amines is 1. The second-order valence-electron chi connectivity index (χ2n) is 7.02. The quantitative estimate of drug-likeness (QED) is 0.790. The Labute approximate surface area is 152 Å². The number of amides is 1. The maximum atomic E-state index is 13.1. The summed E-state index contributed by atoms with van der Waals surface area (Å²) < 4.78 is 0. The van der Waals surface area contributed by atoms with E-state index in [4.69, 9.17) is 0 Å². The molecular formula is C20H23N5O. The van der Waals surface area contributed by atoms with E-state index in [-0.39, 0.29) is 11.9 Å². The van der Waals surface area contributed by atoms with Gasteiger partial charge >= 0.3 is 0 Å². The molecule has 3 heterocycles. The van der Waals surface area contributed by atoms with Crippen LogP contribution in [-0.4, -0.2) is 64.1 Å². The van der Waals surface area contributed by atoms with Crippen LogP contribution in [0, 0.1) is 0 Å². The SMILES string of the molecule is CN1CCC(N(C)C(=O)c2n[nH]c3ccc(-c4cccnc4)cc23)CC1. The summed E-state index contributed by atoms with van der Waals surface area (Å²) in [7, 11) is 4.02. The van der Waals surface area contributed by atoms with Gasteiger partial charge in [-0.1, -0.05) is 12.1 Å². The van der Waals surface area contributed by atoms with Crippen molar-refractivity contribution in [1.29, 1.82) is 0 Å². The van der Waals surface area contributed by atoms with Gasteiger partial charge in [-0.2, -0.15) is 5.10 Å². The van der Waals surface area contributed by atoms with Gasteiger partial charge < -0.3 is 9.80 Å². The highest BCUT2D eigenvalue weighted by molar-refractivity contribution is 6.05. The van der Waals surface area contributed by atoms with E-state index < -0.39 is 0 Å². The molecule has 1 amide bonds. The zero-order valence-corrected chi connectivity index (χ0v) is 15.1. The lowest BCUT2D eigenvalue weighted by Gasteiger charge is -2.34. The summed E-state index contributed by atoms with van der Waals surface area (Å²) in [5.41, 5.74) is 3.42. The summed E-state index contributed by atoms with van der Waals surface area (Å²) in [6.07, 6.45) is 5.59. The number of hydrogen-bond donors (Lipinski definition) is 1. The fraction of sp³-hybridized carbons (Fsp3) is 0.350. The minimum atomic E-state index is -0.0193. The molecular weight excluding hydrogens is 326 g/mol. The number of hydrogen-bond acceptors (Lipinski definition) is 4. The Morgan fingerprint density at radius 1 is 1.23 bits per heavy atom. The van der Waals surface area contributed by atoms with Gasteiger partial charge in [0.25, 0.3) is 5.91 Å². The van der Waals surface area contributed by atoms with Gasteiger partial charge in [-0.15, -0.1) is 0 Å². The molecule has 0 saturated carbocycles. The lowest BCUT2D eigenvalue weighted by molar-refractivity contribution is 0.0655. The Hall–Kier alpha value is -2.73. The van der Waals surface area contributed by atoms with Crippen LogP contribution in [0.1, 0.15) is 23.3 Å². The van der Waals surface area contributed by atoms with Crippen molar-refractivity contribution < 1.29 is 4.79 Å². The van der Waals surface area contributed by atoms with E-state index in [1.54, 1.807) is 6.20 Å². The number of H-pyrrole nitrogens is 1. The molecule has 0 spiro atoms. The van der Waals surface area contributed by atoms with Crippen molar-refractivity contribution in [1.82, 2.24) is 25.0 Å². The fourth-order valence-electron chi connectivity index (χ4n) is 3.61. The summed E-state index contributed by atoms with van der Waals surface area (Å²) >= 11 is 0. The van der Waals surface area contributed by atoms with Crippen LogP contribution in [0.2, 0.25) is 0 Å². The number of fused-ring (bicyclic) bond motifs is 1. The van der Waals surface area contributed by atoms with E-state index in [2.05, 4.69) is 27.1 Å². The molecule has 0 radical (unpaired) electrons. The first-order chi connectivity index (χ1) is 12.6. The molecule has 0 aliphatic carbocycles. The number of rotatable bonds is 3. The van der Waals surface area contributed by atoms with Crippen molar-refractivity contribution in [2.45, 2.75) is 18.9 Å². The Balaban J connectivity index is 1.64. The fourth-order valence-corrected chi connectivity index (χ4v) is 3.61. The standard InChI is InChI=1S/C20H23N5O/c1-24-10-7-16(8-11-24)25(2)20(26)19-17-12-14(5-6-18(17)22-23-19)15-4-3-9-21-13-15/h3-6,9,12-13,16H,7-8,10-11H2,1-2H3,(H,22,23). The number of aromatic nitrogens is 3. The molecule has 0 bridgehead atoms. The van der Waals surface area contributed by atoms with E-state index in [0.29, 0.717) is 5.69 Å². The molecule has 1 aromatic carbocycles. The number of carbonyl (C=O) groups excluding carboxylic acids is 1. The van der Waals surface area contributed by atoms with Crippen LogP contribution in [0.3, 0.4) is 0 Å². The number of nitrogens with one attached hydrogen (secondary N) is 1. The zero-order chi connectivity index (χ0) is 18.1. The van der Waals surface area contributed by atoms with E-state index in [1.807, 2.05) is 48.5 Å². The third-order valence-corrected chi connectivity index (χ3v) is 5.32. The normalized spacial score (nSPS) is 16.1. The van der Waals surface area contributed by atoms with Crippen molar-refractivity contribution in [3.8, 4) is 11.1 Å². The number of likely N-dealkylation sites (tertiary alicyclic amines) is 1. The average Bonchev–Trinajstić information content (AvgIpc) is 3.11. The van der Waals surface area contributed by atoms with Crippen LogP contribution in [0.15, 0.2) is 42.7 Å². The molecule has 6 heteroatoms. The van der Waals surface area contributed by atoms with Crippen molar-refractivity contribution >= 4 is 16.8 Å². The van der Waals surface area contributed by atoms with Gasteiger partial charge in [-0.05, 0) is 56.7 Å². The molecule has 0 atom stereocenters. The van der Waals surface area contributed by atoms with E-state index >= 15 is 0 Å². The molecule has 1 fully saturated rings. The van der Waals surface area contributed by atoms with Crippen molar-refractivity contribution in [2.24, 2.45) is 0 Å². The van der Waals surface area contributed by atoms with Crippen LogP contribution >= 0.6 is 0 Å². The molecule has 2 aromatic heterocycles. The third-order valence-electron chi connectivity index (χ3n) is 5.32. The number of piperidine rings is 1. The van der Waals surface area contributed by atoms with Crippen LogP contribution in [0.25, 0.3) is 22.0 Å². The van der Waals surface area contributed by atoms with Gasteiger partial charge in [0.2, 0.25) is 0 Å². The Morgan fingerprint density at radius 3 is 2.77 bits per heavy atom. The molecule has 134 valence electrons. The molecule has 6 nitrogen and oxygen atoms in total. The predicted octanol–water partition coefficient (Wildman–Crippen LogP) is 2.79. The van der Waals surface area contributed by atoms with Crippen LogP contribution in [0.4, 0.5) is 0 Å². The van der Waals surface area contributed by atoms with Gasteiger partial charge in [-0.25, -0.2) is 0 Å². The Kier molecular flexibility index (Phi) is 4.42. The van der Waals surface area contributed by atoms with Crippen LogP contribution in [-0.2, 0) is 0 Å². The van der Waals surface area contributed by atoms with Gasteiger partial charge in [0.1, 0.15) is 0 Å². The minimum absolute atomic E-state index is 0.0193. The zero-order valence-electron chi connectivity index (χ0n) is 15.1. The Bertz CT molecular complexity index is 912. The smallest absolute Gasteiger partial charge is 0.274 e. The number of benzene rings is 1. The van der Waals surface area contributed by atoms with Gasteiger partial charge in [0.05, 0.1) is 5.52 Å². The van der Waals surface area contributed by atoms with Crippen LogP contribution < -0.4 is 0 Å². The largest absolute Gasteiger partial charge is 0.337 e. The molecule has 26 heavy (non-hydrogen) atoms. The molecule has 1 aliphatic heterocycles. The molecule has 1 aliphatic rings. The number of nitrogens with zero attached hydrogens (tertiary/aromatic N) is 4. The summed E-state index contributed by atoms with van der Waals surface area (Å²) in [4.78, 5) is 21.4. The average molecular weight is 349 g/mol. The van der Waals surface area contributed by atoms with Crippen LogP contribution in [0.5, 0.6) is 0 Å². The predicted molar refractivity (Wildman–Crippen MR) is 102 cm³/mol. The third kappa shape index (κ3) is 3.08. The first-order valence-electron chi connectivity index (χ1n) is 8.97. The summed E-state index contributed by atoms with van der Waals surface area (Å²) in [6, 6.07) is 10.2. The molecule has 3 aromatic rings. The number of carbonyl (C=O) groups is 1. The summed E-state index contributed by atoms with van der Waals surface area (Å²) in [6.45, 7) is 2.05. The maximum absolute atomic E-state index is 13.1. The van der Waals surface area contributed by atoms with Gasteiger partial charge in [-0.3, -0.25) is 14.9 Å². The monoisotopic (exact) mass is 349 g/mol. The molecule has 4 rings (SSSR count). The molecule has 1 N–H and O–H groups in total.